The summed E-state index contributed by atoms with van der Waals surface area (Å²) in [5.41, 5.74) is 2.55. The average Bonchev–Trinajstić information content (AvgIpc) is 2.39. The van der Waals surface area contributed by atoms with E-state index in [1.165, 1.54) is 7.11 Å². The molecular weight excluding hydrogens is 230 g/mol. The van der Waals surface area contributed by atoms with E-state index in [-0.39, 0.29) is 18.1 Å². The van der Waals surface area contributed by atoms with Crippen molar-refractivity contribution in [2.45, 2.75) is 32.9 Å². The Labute approximate surface area is 108 Å². The predicted molar refractivity (Wildman–Crippen MR) is 72.1 cm³/mol. The number of carbonyl (C=O) groups excluding carboxylic acids is 1. The van der Waals surface area contributed by atoms with Crippen molar-refractivity contribution in [3.8, 4) is 0 Å². The molecule has 1 aromatic carbocycles. The van der Waals surface area contributed by atoms with E-state index in [4.69, 9.17) is 9.47 Å². The minimum absolute atomic E-state index is 0.0891. The largest absolute Gasteiger partial charge is 0.465 e. The van der Waals surface area contributed by atoms with Crippen LogP contribution in [0.4, 0.5) is 5.69 Å². The number of hydrogen-bond donors (Lipinski definition) is 1. The van der Waals surface area contributed by atoms with Crippen molar-refractivity contribution in [1.82, 2.24) is 0 Å². The van der Waals surface area contributed by atoms with Crippen LogP contribution in [0.1, 0.15) is 29.8 Å². The Bertz CT molecular complexity index is 418. The smallest absolute Gasteiger partial charge is 0.337 e. The molecule has 1 aromatic rings. The van der Waals surface area contributed by atoms with Gasteiger partial charge in [0.25, 0.3) is 0 Å². The van der Waals surface area contributed by atoms with Gasteiger partial charge in [-0.05, 0) is 38.5 Å². The minimum Gasteiger partial charge on any atom is -0.465 e. The molecule has 0 amide bonds. The van der Waals surface area contributed by atoms with E-state index >= 15 is 0 Å². The minimum atomic E-state index is -0.328. The Morgan fingerprint density at radius 3 is 2.50 bits per heavy atom. The maximum absolute atomic E-state index is 11.5. The highest BCUT2D eigenvalue weighted by molar-refractivity contribution is 5.90. The molecule has 4 nitrogen and oxygen atoms in total. The number of benzene rings is 1. The zero-order valence-electron chi connectivity index (χ0n) is 11.6. The Hall–Kier alpha value is -1.55. The molecular formula is C14H21NO3. The number of hydrogen-bond acceptors (Lipinski definition) is 4. The van der Waals surface area contributed by atoms with E-state index in [0.717, 1.165) is 11.3 Å². The summed E-state index contributed by atoms with van der Waals surface area (Å²) in [5.74, 6) is -0.328. The lowest BCUT2D eigenvalue weighted by atomic mass is 10.1. The molecule has 2 atom stereocenters. The van der Waals surface area contributed by atoms with Crippen LogP contribution in [0.3, 0.4) is 0 Å². The van der Waals surface area contributed by atoms with Crippen molar-refractivity contribution >= 4 is 11.7 Å². The highest BCUT2D eigenvalue weighted by Crippen LogP contribution is 2.19. The van der Waals surface area contributed by atoms with Gasteiger partial charge in [0.15, 0.2) is 0 Å². The first-order valence-electron chi connectivity index (χ1n) is 5.98. The second kappa shape index (κ2) is 6.40. The van der Waals surface area contributed by atoms with Gasteiger partial charge < -0.3 is 14.8 Å². The average molecular weight is 251 g/mol. The molecule has 0 saturated carbocycles. The van der Waals surface area contributed by atoms with Crippen LogP contribution in [0.5, 0.6) is 0 Å². The van der Waals surface area contributed by atoms with Crippen molar-refractivity contribution in [3.63, 3.8) is 0 Å². The summed E-state index contributed by atoms with van der Waals surface area (Å²) in [6.45, 7) is 6.03. The van der Waals surface area contributed by atoms with Crippen LogP contribution < -0.4 is 5.32 Å². The van der Waals surface area contributed by atoms with Crippen molar-refractivity contribution in [2.24, 2.45) is 0 Å². The van der Waals surface area contributed by atoms with Gasteiger partial charge in [-0.25, -0.2) is 4.79 Å². The van der Waals surface area contributed by atoms with E-state index in [1.54, 1.807) is 19.2 Å². The van der Waals surface area contributed by atoms with Crippen LogP contribution in [0.15, 0.2) is 18.2 Å². The van der Waals surface area contributed by atoms with E-state index in [1.807, 2.05) is 26.8 Å². The molecule has 0 spiro atoms. The van der Waals surface area contributed by atoms with Gasteiger partial charge in [-0.15, -0.1) is 0 Å². The molecule has 0 fully saturated rings. The van der Waals surface area contributed by atoms with Crippen LogP contribution in [0, 0.1) is 6.92 Å². The first-order valence-corrected chi connectivity index (χ1v) is 5.98. The quantitative estimate of drug-likeness (QED) is 0.817. The molecule has 0 saturated heterocycles. The van der Waals surface area contributed by atoms with Crippen molar-refractivity contribution in [1.29, 1.82) is 0 Å². The van der Waals surface area contributed by atoms with Gasteiger partial charge in [-0.1, -0.05) is 6.07 Å². The molecule has 0 bridgehead atoms. The molecule has 100 valence electrons. The molecule has 1 N–H and O–H groups in total. The molecule has 2 unspecified atom stereocenters. The number of ether oxygens (including phenoxy) is 2. The highest BCUT2D eigenvalue weighted by atomic mass is 16.5. The second-order valence-corrected chi connectivity index (χ2v) is 4.40. The van der Waals surface area contributed by atoms with Gasteiger partial charge in [-0.3, -0.25) is 0 Å². The Kier molecular flexibility index (Phi) is 5.16. The van der Waals surface area contributed by atoms with Gasteiger partial charge in [0.1, 0.15) is 0 Å². The zero-order chi connectivity index (χ0) is 13.7. The van der Waals surface area contributed by atoms with Crippen molar-refractivity contribution in [3.05, 3.63) is 29.3 Å². The second-order valence-electron chi connectivity index (χ2n) is 4.40. The lowest BCUT2D eigenvalue weighted by Gasteiger charge is -2.22. The molecule has 18 heavy (non-hydrogen) atoms. The molecule has 4 heteroatoms. The number of rotatable bonds is 5. The first-order chi connectivity index (χ1) is 8.49. The number of anilines is 1. The first kappa shape index (κ1) is 14.5. The molecule has 1 rings (SSSR count). The fourth-order valence-corrected chi connectivity index (χ4v) is 1.59. The monoisotopic (exact) mass is 251 g/mol. The number of methoxy groups -OCH3 is 2. The standard InChI is InChI=1S/C14H21NO3/c1-9-6-7-12(14(16)18-5)8-13(9)15-10(2)11(3)17-4/h6-8,10-11,15H,1-5H3. The SMILES string of the molecule is COC(=O)c1ccc(C)c(NC(C)C(C)OC)c1. The lowest BCUT2D eigenvalue weighted by Crippen LogP contribution is -2.30. The highest BCUT2D eigenvalue weighted by Gasteiger charge is 2.13. The summed E-state index contributed by atoms with van der Waals surface area (Å²) in [6.07, 6.45) is 0.0891. The molecule has 0 aliphatic carbocycles. The number of esters is 1. The van der Waals surface area contributed by atoms with Gasteiger partial charge >= 0.3 is 5.97 Å². The zero-order valence-corrected chi connectivity index (χ0v) is 11.6. The fourth-order valence-electron chi connectivity index (χ4n) is 1.59. The molecule has 0 heterocycles. The van der Waals surface area contributed by atoms with Gasteiger partial charge in [-0.2, -0.15) is 0 Å². The van der Waals surface area contributed by atoms with Crippen molar-refractivity contribution in [2.75, 3.05) is 19.5 Å². The third-order valence-corrected chi connectivity index (χ3v) is 3.12. The maximum Gasteiger partial charge on any atom is 0.337 e. The summed E-state index contributed by atoms with van der Waals surface area (Å²) in [4.78, 5) is 11.5. The van der Waals surface area contributed by atoms with Gasteiger partial charge in [0.05, 0.1) is 18.8 Å². The van der Waals surface area contributed by atoms with E-state index in [9.17, 15) is 4.79 Å². The maximum atomic E-state index is 11.5. The summed E-state index contributed by atoms with van der Waals surface area (Å²) in [7, 11) is 3.06. The van der Waals surface area contributed by atoms with E-state index < -0.39 is 0 Å². The Balaban J connectivity index is 2.91. The van der Waals surface area contributed by atoms with Crippen LogP contribution >= 0.6 is 0 Å². The molecule has 0 radical (unpaired) electrons. The van der Waals surface area contributed by atoms with Crippen LogP contribution in [-0.2, 0) is 9.47 Å². The number of aryl methyl sites for hydroxylation is 1. The van der Waals surface area contributed by atoms with Crippen LogP contribution in [0.2, 0.25) is 0 Å². The number of carbonyl (C=O) groups is 1. The lowest BCUT2D eigenvalue weighted by molar-refractivity contribution is 0.0601. The van der Waals surface area contributed by atoms with Crippen molar-refractivity contribution < 1.29 is 14.3 Å². The third-order valence-electron chi connectivity index (χ3n) is 3.12. The summed E-state index contributed by atoms with van der Waals surface area (Å²) < 4.78 is 9.98. The normalized spacial score (nSPS) is 13.8. The van der Waals surface area contributed by atoms with E-state index in [2.05, 4.69) is 5.32 Å². The van der Waals surface area contributed by atoms with Crippen LogP contribution in [-0.4, -0.2) is 32.3 Å². The van der Waals surface area contributed by atoms with Gasteiger partial charge in [0.2, 0.25) is 0 Å². The molecule has 0 aliphatic rings. The predicted octanol–water partition coefficient (Wildman–Crippen LogP) is 2.62. The summed E-state index contributed by atoms with van der Waals surface area (Å²) in [6, 6.07) is 5.62. The Morgan fingerprint density at radius 2 is 1.94 bits per heavy atom. The Morgan fingerprint density at radius 1 is 1.28 bits per heavy atom. The number of nitrogens with one attached hydrogen (secondary N) is 1. The summed E-state index contributed by atoms with van der Waals surface area (Å²) >= 11 is 0. The summed E-state index contributed by atoms with van der Waals surface area (Å²) in [5, 5.41) is 3.35. The van der Waals surface area contributed by atoms with Crippen LogP contribution in [0.25, 0.3) is 0 Å². The van der Waals surface area contributed by atoms with E-state index in [0.29, 0.717) is 5.56 Å². The molecule has 0 aromatic heterocycles. The third kappa shape index (κ3) is 3.47. The van der Waals surface area contributed by atoms with Gasteiger partial charge in [0, 0.05) is 18.8 Å². The molecule has 0 aliphatic heterocycles. The fraction of sp³-hybridized carbons (Fsp3) is 0.500. The topological polar surface area (TPSA) is 47.6 Å².